The molecule has 0 saturated carbocycles. The van der Waals surface area contributed by atoms with E-state index < -0.39 is 11.7 Å². The molecular weight excluding hydrogens is 150 g/mol. The minimum Gasteiger partial charge on any atom is -0.464 e. The van der Waals surface area contributed by atoms with Crippen molar-refractivity contribution in [2.75, 3.05) is 7.11 Å². The summed E-state index contributed by atoms with van der Waals surface area (Å²) < 4.78 is 8.89. The van der Waals surface area contributed by atoms with Crippen LogP contribution in [0.25, 0.3) is 0 Å². The van der Waals surface area contributed by atoms with Gasteiger partial charge in [-0.15, -0.1) is 0 Å². The van der Waals surface area contributed by atoms with Gasteiger partial charge in [0, 0.05) is 0 Å². The number of hydrogen-bond acceptors (Lipinski definition) is 4. The highest BCUT2D eigenvalue weighted by atomic mass is 16.5. The Balaban J connectivity index is 3.13. The second kappa shape index (κ2) is 2.61. The molecule has 5 heteroatoms. The summed E-state index contributed by atoms with van der Waals surface area (Å²) in [6.45, 7) is 1.50. The van der Waals surface area contributed by atoms with Crippen LogP contribution in [-0.2, 0) is 4.74 Å². The zero-order valence-corrected chi connectivity index (χ0v) is 6.13. The second-order valence-corrected chi connectivity index (χ2v) is 1.94. The van der Waals surface area contributed by atoms with Gasteiger partial charge in [0.25, 0.3) is 0 Å². The van der Waals surface area contributed by atoms with E-state index >= 15 is 0 Å². The smallest absolute Gasteiger partial charge is 0.417 e. The van der Waals surface area contributed by atoms with E-state index in [0.29, 0.717) is 0 Å². The summed E-state index contributed by atoms with van der Waals surface area (Å²) in [5.74, 6) is -1.02. The van der Waals surface area contributed by atoms with Crippen molar-refractivity contribution < 1.29 is 13.9 Å². The molecule has 0 bridgehead atoms. The summed E-state index contributed by atoms with van der Waals surface area (Å²) in [5, 5.41) is 0. The first kappa shape index (κ1) is 7.59. The predicted octanol–water partition coefficient (Wildman–Crippen LogP) is 0.0629. The number of nitrogens with one attached hydrogen (secondary N) is 1. The van der Waals surface area contributed by atoms with Crippen molar-refractivity contribution in [2.45, 2.75) is 6.92 Å². The quantitative estimate of drug-likeness (QED) is 0.585. The fraction of sp³-hybridized carbons (Fsp3) is 0.333. The molecule has 60 valence electrons. The van der Waals surface area contributed by atoms with Gasteiger partial charge in [0.1, 0.15) is 5.76 Å². The van der Waals surface area contributed by atoms with Crippen molar-refractivity contribution in [1.29, 1.82) is 0 Å². The van der Waals surface area contributed by atoms with Crippen LogP contribution in [0.4, 0.5) is 0 Å². The molecular formula is C6H7NO4. The maximum absolute atomic E-state index is 10.8. The third-order valence-corrected chi connectivity index (χ3v) is 1.21. The van der Waals surface area contributed by atoms with Crippen molar-refractivity contribution >= 4 is 5.97 Å². The number of aromatic amines is 1. The summed E-state index contributed by atoms with van der Waals surface area (Å²) in [4.78, 5) is 23.5. The van der Waals surface area contributed by atoms with E-state index in [0.717, 1.165) is 0 Å². The number of aromatic nitrogens is 1. The fourth-order valence-corrected chi connectivity index (χ4v) is 0.702. The molecule has 0 amide bonds. The highest BCUT2D eigenvalue weighted by Gasteiger charge is 2.13. The zero-order valence-electron chi connectivity index (χ0n) is 6.13. The van der Waals surface area contributed by atoms with E-state index in [1.54, 1.807) is 0 Å². The number of H-pyrrole nitrogens is 1. The Morgan fingerprint density at radius 1 is 1.64 bits per heavy atom. The molecule has 1 aromatic heterocycles. The Hall–Kier alpha value is -1.52. The molecule has 0 saturated heterocycles. The SMILES string of the molecule is COC(=O)c1[nH]c(=O)oc1C. The lowest BCUT2D eigenvalue weighted by Gasteiger charge is -1.92. The number of oxazole rings is 1. The molecule has 0 aromatic carbocycles. The summed E-state index contributed by atoms with van der Waals surface area (Å²) in [6.07, 6.45) is 0. The summed E-state index contributed by atoms with van der Waals surface area (Å²) in [7, 11) is 1.23. The lowest BCUT2D eigenvalue weighted by Crippen LogP contribution is -2.05. The number of rotatable bonds is 1. The highest BCUT2D eigenvalue weighted by molar-refractivity contribution is 5.87. The predicted molar refractivity (Wildman–Crippen MR) is 35.4 cm³/mol. The van der Waals surface area contributed by atoms with E-state index in [4.69, 9.17) is 0 Å². The first-order chi connectivity index (χ1) is 5.15. The molecule has 0 fully saturated rings. The molecule has 1 heterocycles. The molecule has 0 radical (unpaired) electrons. The zero-order chi connectivity index (χ0) is 8.43. The van der Waals surface area contributed by atoms with Gasteiger partial charge in [-0.2, -0.15) is 0 Å². The van der Waals surface area contributed by atoms with Gasteiger partial charge in [0.15, 0.2) is 5.69 Å². The van der Waals surface area contributed by atoms with E-state index in [-0.39, 0.29) is 11.5 Å². The van der Waals surface area contributed by atoms with Gasteiger partial charge in [-0.05, 0) is 6.92 Å². The molecule has 1 rings (SSSR count). The van der Waals surface area contributed by atoms with Crippen molar-refractivity contribution in [3.8, 4) is 0 Å². The molecule has 0 aliphatic rings. The lowest BCUT2D eigenvalue weighted by molar-refractivity contribution is 0.0593. The number of methoxy groups -OCH3 is 1. The standard InChI is InChI=1S/C6H7NO4/c1-3-4(5(8)10-2)7-6(9)11-3/h1-2H3,(H,7,9). The van der Waals surface area contributed by atoms with Crippen LogP contribution >= 0.6 is 0 Å². The van der Waals surface area contributed by atoms with Crippen LogP contribution in [0.3, 0.4) is 0 Å². The fourth-order valence-electron chi connectivity index (χ4n) is 0.702. The highest BCUT2D eigenvalue weighted by Crippen LogP contribution is 2.01. The van der Waals surface area contributed by atoms with E-state index in [1.165, 1.54) is 14.0 Å². The van der Waals surface area contributed by atoms with Crippen LogP contribution in [0.15, 0.2) is 9.21 Å². The normalized spacial score (nSPS) is 9.64. The molecule has 11 heavy (non-hydrogen) atoms. The molecule has 0 aliphatic carbocycles. The van der Waals surface area contributed by atoms with Crippen molar-refractivity contribution in [1.82, 2.24) is 4.98 Å². The topological polar surface area (TPSA) is 72.3 Å². The monoisotopic (exact) mass is 157 g/mol. The average Bonchev–Trinajstić information content (AvgIpc) is 2.28. The molecule has 0 atom stereocenters. The van der Waals surface area contributed by atoms with Crippen LogP contribution in [0.2, 0.25) is 0 Å². The van der Waals surface area contributed by atoms with E-state index in [9.17, 15) is 9.59 Å². The van der Waals surface area contributed by atoms with Crippen molar-refractivity contribution in [2.24, 2.45) is 0 Å². The van der Waals surface area contributed by atoms with Gasteiger partial charge in [-0.3, -0.25) is 4.98 Å². The first-order valence-corrected chi connectivity index (χ1v) is 2.93. The maximum atomic E-state index is 10.8. The Labute approximate surface area is 62.0 Å². The second-order valence-electron chi connectivity index (χ2n) is 1.94. The van der Waals surface area contributed by atoms with Gasteiger partial charge in [-0.1, -0.05) is 0 Å². The summed E-state index contributed by atoms with van der Waals surface area (Å²) >= 11 is 0. The molecule has 0 unspecified atom stereocenters. The third kappa shape index (κ3) is 1.31. The number of hydrogen-bond donors (Lipinski definition) is 1. The Bertz CT molecular complexity index is 322. The minimum atomic E-state index is -0.650. The van der Waals surface area contributed by atoms with Crippen LogP contribution in [0.5, 0.6) is 0 Å². The molecule has 0 aliphatic heterocycles. The molecule has 1 aromatic rings. The molecule has 1 N–H and O–H groups in total. The number of aryl methyl sites for hydroxylation is 1. The number of carbonyl (C=O) groups excluding carboxylic acids is 1. The van der Waals surface area contributed by atoms with Crippen LogP contribution in [0.1, 0.15) is 16.2 Å². The van der Waals surface area contributed by atoms with Gasteiger partial charge < -0.3 is 9.15 Å². The van der Waals surface area contributed by atoms with Gasteiger partial charge in [0.2, 0.25) is 0 Å². The van der Waals surface area contributed by atoms with E-state index in [2.05, 4.69) is 14.1 Å². The van der Waals surface area contributed by atoms with Crippen molar-refractivity contribution in [3.05, 3.63) is 22.0 Å². The lowest BCUT2D eigenvalue weighted by atomic mass is 10.4. The molecule has 0 spiro atoms. The van der Waals surface area contributed by atoms with Crippen molar-refractivity contribution in [3.63, 3.8) is 0 Å². The number of ether oxygens (including phenoxy) is 1. The minimum absolute atomic E-state index is 0.0671. The summed E-state index contributed by atoms with van der Waals surface area (Å²) in [6, 6.07) is 0. The average molecular weight is 157 g/mol. The van der Waals surface area contributed by atoms with Crippen LogP contribution < -0.4 is 5.76 Å². The van der Waals surface area contributed by atoms with Gasteiger partial charge in [0.05, 0.1) is 7.11 Å². The maximum Gasteiger partial charge on any atom is 0.417 e. The van der Waals surface area contributed by atoms with Crippen LogP contribution in [-0.4, -0.2) is 18.1 Å². The molecule has 5 nitrogen and oxygen atoms in total. The Morgan fingerprint density at radius 3 is 2.64 bits per heavy atom. The largest absolute Gasteiger partial charge is 0.464 e. The van der Waals surface area contributed by atoms with Gasteiger partial charge in [-0.25, -0.2) is 9.59 Å². The first-order valence-electron chi connectivity index (χ1n) is 2.93. The van der Waals surface area contributed by atoms with Gasteiger partial charge >= 0.3 is 11.7 Å². The Morgan fingerprint density at radius 2 is 2.27 bits per heavy atom. The summed E-state index contributed by atoms with van der Waals surface area (Å²) in [5.41, 5.74) is 0.0671. The third-order valence-electron chi connectivity index (χ3n) is 1.21. The Kier molecular flexibility index (Phi) is 1.80. The van der Waals surface area contributed by atoms with E-state index in [1.807, 2.05) is 0 Å². The van der Waals surface area contributed by atoms with Crippen LogP contribution in [0, 0.1) is 6.92 Å². The number of esters is 1. The number of carbonyl (C=O) groups is 1.